The quantitative estimate of drug-likeness (QED) is 0.913. The SMILES string of the molecule is Cc1nc2c(C(N)=O)ncn2c(C)c1CCC(=O)N1CCC[C@H](C)C1. The van der Waals surface area contributed by atoms with Crippen molar-refractivity contribution in [2.75, 3.05) is 13.1 Å². The third-order valence-electron chi connectivity index (χ3n) is 5.08. The first-order valence-corrected chi connectivity index (χ1v) is 8.79. The summed E-state index contributed by atoms with van der Waals surface area (Å²) in [5, 5.41) is 0. The summed E-state index contributed by atoms with van der Waals surface area (Å²) in [5.41, 5.74) is 8.79. The van der Waals surface area contributed by atoms with Gasteiger partial charge in [0.1, 0.15) is 6.33 Å². The number of hydrogen-bond acceptors (Lipinski definition) is 4. The maximum absolute atomic E-state index is 12.5. The molecule has 7 heteroatoms. The molecule has 1 atom stereocenters. The highest BCUT2D eigenvalue weighted by molar-refractivity contribution is 5.96. The summed E-state index contributed by atoms with van der Waals surface area (Å²) in [7, 11) is 0. The van der Waals surface area contributed by atoms with Crippen LogP contribution >= 0.6 is 0 Å². The van der Waals surface area contributed by atoms with E-state index in [1.54, 1.807) is 10.7 Å². The predicted octanol–water partition coefficient (Wildman–Crippen LogP) is 1.64. The van der Waals surface area contributed by atoms with Crippen LogP contribution in [0.1, 0.15) is 53.6 Å². The third-order valence-corrected chi connectivity index (χ3v) is 5.08. The van der Waals surface area contributed by atoms with Gasteiger partial charge in [-0.05, 0) is 44.6 Å². The highest BCUT2D eigenvalue weighted by Gasteiger charge is 2.22. The van der Waals surface area contributed by atoms with Crippen molar-refractivity contribution in [1.29, 1.82) is 0 Å². The standard InChI is InChI=1S/C18H25N5O2/c1-11-5-4-8-22(9-11)15(24)7-6-14-12(2)21-18-16(17(19)25)20-10-23(18)13(14)3/h10-11H,4-9H2,1-3H3,(H2,19,25)/t11-/m0/s1. The van der Waals surface area contributed by atoms with Gasteiger partial charge < -0.3 is 10.6 Å². The molecule has 0 aromatic carbocycles. The molecular formula is C18H25N5O2. The number of aromatic nitrogens is 3. The molecule has 7 nitrogen and oxygen atoms in total. The summed E-state index contributed by atoms with van der Waals surface area (Å²) in [4.78, 5) is 34.5. The minimum absolute atomic E-state index is 0.177. The Hall–Kier alpha value is -2.44. The molecule has 2 aromatic rings. The molecule has 2 N–H and O–H groups in total. The fourth-order valence-electron chi connectivity index (χ4n) is 3.67. The van der Waals surface area contributed by atoms with Crippen LogP contribution < -0.4 is 5.73 Å². The van der Waals surface area contributed by atoms with Gasteiger partial charge in [0.25, 0.3) is 5.91 Å². The van der Waals surface area contributed by atoms with Crippen molar-refractivity contribution in [3.05, 3.63) is 29.0 Å². The Bertz CT molecular complexity index is 826. The average molecular weight is 343 g/mol. The molecule has 0 aliphatic carbocycles. The molecule has 3 heterocycles. The molecule has 1 fully saturated rings. The fraction of sp³-hybridized carbons (Fsp3) is 0.556. The van der Waals surface area contributed by atoms with Gasteiger partial charge in [0.05, 0.1) is 0 Å². The third kappa shape index (κ3) is 3.36. The number of nitrogens with zero attached hydrogens (tertiary/aromatic N) is 4. The van der Waals surface area contributed by atoms with Gasteiger partial charge in [0, 0.05) is 30.9 Å². The van der Waals surface area contributed by atoms with Crippen molar-refractivity contribution in [2.24, 2.45) is 11.7 Å². The summed E-state index contributed by atoms with van der Waals surface area (Å²) in [5.74, 6) is 0.196. The Morgan fingerprint density at radius 1 is 1.36 bits per heavy atom. The number of likely N-dealkylation sites (tertiary alicyclic amines) is 1. The van der Waals surface area contributed by atoms with Gasteiger partial charge in [-0.15, -0.1) is 0 Å². The number of primary amides is 1. The first kappa shape index (κ1) is 17.4. The molecule has 2 aromatic heterocycles. The Balaban J connectivity index is 1.79. The number of carbonyl (C=O) groups excluding carboxylic acids is 2. The second kappa shape index (κ2) is 6.82. The van der Waals surface area contributed by atoms with Crippen LogP contribution in [0.3, 0.4) is 0 Å². The topological polar surface area (TPSA) is 93.6 Å². The van der Waals surface area contributed by atoms with E-state index in [-0.39, 0.29) is 11.6 Å². The summed E-state index contributed by atoms with van der Waals surface area (Å²) in [6, 6.07) is 0. The zero-order valence-corrected chi connectivity index (χ0v) is 15.1. The number of fused-ring (bicyclic) bond motifs is 1. The number of hydrogen-bond donors (Lipinski definition) is 1. The van der Waals surface area contributed by atoms with Gasteiger partial charge in [-0.25, -0.2) is 9.97 Å². The molecule has 1 aliphatic heterocycles. The number of imidazole rings is 1. The lowest BCUT2D eigenvalue weighted by Gasteiger charge is -2.31. The number of carbonyl (C=O) groups is 2. The molecule has 134 valence electrons. The molecule has 0 radical (unpaired) electrons. The zero-order valence-electron chi connectivity index (χ0n) is 15.1. The molecule has 2 amide bonds. The van der Waals surface area contributed by atoms with Crippen LogP contribution in [0.2, 0.25) is 0 Å². The van der Waals surface area contributed by atoms with Crippen molar-refractivity contribution in [3.63, 3.8) is 0 Å². The Labute approximate surface area is 147 Å². The van der Waals surface area contributed by atoms with E-state index in [1.165, 1.54) is 6.42 Å². The van der Waals surface area contributed by atoms with Crippen molar-refractivity contribution in [1.82, 2.24) is 19.3 Å². The van der Waals surface area contributed by atoms with Crippen molar-refractivity contribution < 1.29 is 9.59 Å². The van der Waals surface area contributed by atoms with Crippen LogP contribution in [-0.4, -0.2) is 44.2 Å². The number of aryl methyl sites for hydroxylation is 2. The molecule has 1 aliphatic rings. The monoisotopic (exact) mass is 343 g/mol. The van der Waals surface area contributed by atoms with E-state index in [4.69, 9.17) is 5.73 Å². The minimum Gasteiger partial charge on any atom is -0.364 e. The summed E-state index contributed by atoms with van der Waals surface area (Å²) in [6.45, 7) is 7.77. The molecule has 1 saturated heterocycles. The summed E-state index contributed by atoms with van der Waals surface area (Å²) < 4.78 is 1.77. The summed E-state index contributed by atoms with van der Waals surface area (Å²) >= 11 is 0. The highest BCUT2D eigenvalue weighted by Crippen LogP contribution is 2.20. The van der Waals surface area contributed by atoms with Crippen LogP contribution in [0.15, 0.2) is 6.33 Å². The number of amides is 2. The second-order valence-corrected chi connectivity index (χ2v) is 7.00. The smallest absolute Gasteiger partial charge is 0.271 e. The predicted molar refractivity (Wildman–Crippen MR) is 94.3 cm³/mol. The Morgan fingerprint density at radius 2 is 2.12 bits per heavy atom. The number of nitrogens with two attached hydrogens (primary N) is 1. The lowest BCUT2D eigenvalue weighted by Crippen LogP contribution is -2.39. The van der Waals surface area contributed by atoms with Gasteiger partial charge in [-0.1, -0.05) is 6.92 Å². The van der Waals surface area contributed by atoms with E-state index in [0.717, 1.165) is 36.5 Å². The Morgan fingerprint density at radius 3 is 2.80 bits per heavy atom. The lowest BCUT2D eigenvalue weighted by atomic mass is 9.99. The normalized spacial score (nSPS) is 17.9. The van der Waals surface area contributed by atoms with Crippen LogP contribution in [0.5, 0.6) is 0 Å². The first-order chi connectivity index (χ1) is 11.9. The van der Waals surface area contributed by atoms with Crippen LogP contribution in [-0.2, 0) is 11.2 Å². The molecule has 0 bridgehead atoms. The molecule has 25 heavy (non-hydrogen) atoms. The maximum atomic E-state index is 12.5. The molecule has 0 spiro atoms. The lowest BCUT2D eigenvalue weighted by molar-refractivity contribution is -0.132. The minimum atomic E-state index is -0.587. The van der Waals surface area contributed by atoms with Gasteiger partial charge in [0.15, 0.2) is 11.3 Å². The van der Waals surface area contributed by atoms with E-state index in [0.29, 0.717) is 24.4 Å². The largest absolute Gasteiger partial charge is 0.364 e. The molecular weight excluding hydrogens is 318 g/mol. The number of piperidine rings is 1. The first-order valence-electron chi connectivity index (χ1n) is 8.79. The second-order valence-electron chi connectivity index (χ2n) is 7.00. The van der Waals surface area contributed by atoms with Gasteiger partial charge in [0.2, 0.25) is 5.91 Å². The Kier molecular flexibility index (Phi) is 4.74. The van der Waals surface area contributed by atoms with Crippen LogP contribution in [0, 0.1) is 19.8 Å². The van der Waals surface area contributed by atoms with Gasteiger partial charge in [-0.3, -0.25) is 14.0 Å². The zero-order chi connectivity index (χ0) is 18.1. The van der Waals surface area contributed by atoms with E-state index in [1.807, 2.05) is 18.7 Å². The van der Waals surface area contributed by atoms with Crippen LogP contribution in [0.4, 0.5) is 0 Å². The summed E-state index contributed by atoms with van der Waals surface area (Å²) in [6.07, 6.45) is 4.96. The molecule has 0 saturated carbocycles. The van der Waals surface area contributed by atoms with E-state index < -0.39 is 5.91 Å². The molecule has 3 rings (SSSR count). The van der Waals surface area contributed by atoms with Crippen molar-refractivity contribution in [3.8, 4) is 0 Å². The number of rotatable bonds is 4. The van der Waals surface area contributed by atoms with Gasteiger partial charge >= 0.3 is 0 Å². The average Bonchev–Trinajstić information content (AvgIpc) is 2.98. The van der Waals surface area contributed by atoms with Crippen LogP contribution in [0.25, 0.3) is 5.65 Å². The highest BCUT2D eigenvalue weighted by atomic mass is 16.2. The van der Waals surface area contributed by atoms with E-state index in [9.17, 15) is 9.59 Å². The maximum Gasteiger partial charge on any atom is 0.271 e. The molecule has 0 unspecified atom stereocenters. The van der Waals surface area contributed by atoms with Crippen molar-refractivity contribution >= 4 is 17.5 Å². The van der Waals surface area contributed by atoms with E-state index >= 15 is 0 Å². The van der Waals surface area contributed by atoms with Crippen molar-refractivity contribution in [2.45, 2.75) is 46.5 Å². The van der Waals surface area contributed by atoms with E-state index in [2.05, 4.69) is 16.9 Å². The van der Waals surface area contributed by atoms with Gasteiger partial charge in [-0.2, -0.15) is 0 Å². The fourth-order valence-corrected chi connectivity index (χ4v) is 3.67.